The van der Waals surface area contributed by atoms with Crippen molar-refractivity contribution in [3.63, 3.8) is 0 Å². The average molecular weight is 276 g/mol. The third-order valence-corrected chi connectivity index (χ3v) is 3.26. The van der Waals surface area contributed by atoms with Gasteiger partial charge in [-0.3, -0.25) is 0 Å². The summed E-state index contributed by atoms with van der Waals surface area (Å²) in [5.74, 6) is 0. The van der Waals surface area contributed by atoms with Crippen LogP contribution in [0.25, 0.3) is 0 Å². The molecule has 0 radical (unpaired) electrons. The van der Waals surface area contributed by atoms with Crippen molar-refractivity contribution in [2.45, 2.75) is 31.7 Å². The minimum absolute atomic E-state index is 0.556. The van der Waals surface area contributed by atoms with Gasteiger partial charge in [0.25, 0.3) is 0 Å². The molecule has 0 amide bonds. The highest BCUT2D eigenvalue weighted by atomic mass is 79.9. The van der Waals surface area contributed by atoms with Gasteiger partial charge in [0.15, 0.2) is 5.15 Å². The van der Waals surface area contributed by atoms with E-state index in [1.54, 1.807) is 6.20 Å². The third kappa shape index (κ3) is 2.39. The number of pyridine rings is 1. The summed E-state index contributed by atoms with van der Waals surface area (Å²) in [5.41, 5.74) is 0.938. The SMILES string of the molecule is Clc1ncc(Br)cc1NC1CCCC1. The Morgan fingerprint density at radius 1 is 1.43 bits per heavy atom. The minimum Gasteiger partial charge on any atom is -0.380 e. The fourth-order valence-electron chi connectivity index (χ4n) is 1.81. The van der Waals surface area contributed by atoms with E-state index in [1.165, 1.54) is 25.7 Å². The van der Waals surface area contributed by atoms with Crippen LogP contribution in [0.4, 0.5) is 5.69 Å². The summed E-state index contributed by atoms with van der Waals surface area (Å²) in [6, 6.07) is 2.55. The second kappa shape index (κ2) is 4.49. The highest BCUT2D eigenvalue weighted by Gasteiger charge is 2.15. The molecule has 0 bridgehead atoms. The Bertz CT molecular complexity index is 324. The second-order valence-corrected chi connectivity index (χ2v) is 4.89. The van der Waals surface area contributed by atoms with Crippen molar-refractivity contribution in [3.05, 3.63) is 21.9 Å². The van der Waals surface area contributed by atoms with Crippen LogP contribution in [0.15, 0.2) is 16.7 Å². The number of nitrogens with one attached hydrogen (secondary N) is 1. The molecule has 76 valence electrons. The van der Waals surface area contributed by atoms with Crippen LogP contribution in [0.3, 0.4) is 0 Å². The van der Waals surface area contributed by atoms with Crippen molar-refractivity contribution >= 4 is 33.2 Å². The summed E-state index contributed by atoms with van der Waals surface area (Å²) >= 11 is 9.36. The van der Waals surface area contributed by atoms with Crippen LogP contribution in [0.2, 0.25) is 5.15 Å². The van der Waals surface area contributed by atoms with Crippen molar-refractivity contribution in [3.8, 4) is 0 Å². The molecule has 0 aliphatic heterocycles. The Morgan fingerprint density at radius 2 is 2.14 bits per heavy atom. The smallest absolute Gasteiger partial charge is 0.152 e. The molecule has 1 fully saturated rings. The number of rotatable bonds is 2. The average Bonchev–Trinajstić information content (AvgIpc) is 2.64. The molecule has 0 saturated heterocycles. The highest BCUT2D eigenvalue weighted by Crippen LogP contribution is 2.27. The summed E-state index contributed by atoms with van der Waals surface area (Å²) in [6.45, 7) is 0. The first-order valence-electron chi connectivity index (χ1n) is 4.83. The zero-order valence-electron chi connectivity index (χ0n) is 7.76. The molecule has 4 heteroatoms. The van der Waals surface area contributed by atoms with Crippen LogP contribution in [0.1, 0.15) is 25.7 Å². The standard InChI is InChI=1S/C10H12BrClN2/c11-7-5-9(10(12)13-6-7)14-8-3-1-2-4-8/h5-6,8,14H,1-4H2. The first kappa shape index (κ1) is 10.2. The van der Waals surface area contributed by atoms with Gasteiger partial charge in [0.05, 0.1) is 5.69 Å². The van der Waals surface area contributed by atoms with E-state index < -0.39 is 0 Å². The van der Waals surface area contributed by atoms with Gasteiger partial charge in [0.1, 0.15) is 0 Å². The molecule has 1 heterocycles. The Morgan fingerprint density at radius 3 is 2.86 bits per heavy atom. The van der Waals surface area contributed by atoms with E-state index in [0.29, 0.717) is 11.2 Å². The lowest BCUT2D eigenvalue weighted by atomic mass is 10.2. The molecule has 1 aromatic heterocycles. The molecule has 0 atom stereocenters. The lowest BCUT2D eigenvalue weighted by Gasteiger charge is -2.14. The summed E-state index contributed by atoms with van der Waals surface area (Å²) in [7, 11) is 0. The Labute approximate surface area is 97.2 Å². The Kier molecular flexibility index (Phi) is 3.29. The number of halogens is 2. The monoisotopic (exact) mass is 274 g/mol. The number of anilines is 1. The molecule has 1 saturated carbocycles. The lowest BCUT2D eigenvalue weighted by molar-refractivity contribution is 0.755. The van der Waals surface area contributed by atoms with Gasteiger partial charge in [-0.1, -0.05) is 24.4 Å². The largest absolute Gasteiger partial charge is 0.380 e. The van der Waals surface area contributed by atoms with Crippen LogP contribution >= 0.6 is 27.5 Å². The van der Waals surface area contributed by atoms with Crippen LogP contribution in [0, 0.1) is 0 Å². The third-order valence-electron chi connectivity index (χ3n) is 2.52. The molecule has 2 nitrogen and oxygen atoms in total. The molecular formula is C10H12BrClN2. The molecule has 1 aliphatic carbocycles. The normalized spacial score (nSPS) is 17.3. The predicted octanol–water partition coefficient (Wildman–Crippen LogP) is 3.85. The van der Waals surface area contributed by atoms with Gasteiger partial charge in [-0.25, -0.2) is 4.98 Å². The van der Waals surface area contributed by atoms with E-state index in [9.17, 15) is 0 Å². The number of nitrogens with zero attached hydrogens (tertiary/aromatic N) is 1. The highest BCUT2D eigenvalue weighted by molar-refractivity contribution is 9.10. The first-order valence-corrected chi connectivity index (χ1v) is 6.00. The molecular weight excluding hydrogens is 263 g/mol. The maximum absolute atomic E-state index is 5.98. The summed E-state index contributed by atoms with van der Waals surface area (Å²) in [5, 5.41) is 3.98. The van der Waals surface area contributed by atoms with Crippen molar-refractivity contribution in [1.82, 2.24) is 4.98 Å². The van der Waals surface area contributed by atoms with Crippen LogP contribution < -0.4 is 5.32 Å². The summed E-state index contributed by atoms with van der Waals surface area (Å²) in [6.07, 6.45) is 6.82. The van der Waals surface area contributed by atoms with Crippen LogP contribution in [0.5, 0.6) is 0 Å². The van der Waals surface area contributed by atoms with E-state index in [4.69, 9.17) is 11.6 Å². The molecule has 0 spiro atoms. The summed E-state index contributed by atoms with van der Waals surface area (Å²) < 4.78 is 0.961. The molecule has 0 unspecified atom stereocenters. The lowest BCUT2D eigenvalue weighted by Crippen LogP contribution is -2.14. The van der Waals surface area contributed by atoms with E-state index in [1.807, 2.05) is 6.07 Å². The van der Waals surface area contributed by atoms with Gasteiger partial charge in [-0.2, -0.15) is 0 Å². The van der Waals surface area contributed by atoms with Crippen molar-refractivity contribution in [2.75, 3.05) is 5.32 Å². The number of hydrogen-bond donors (Lipinski definition) is 1. The van der Waals surface area contributed by atoms with E-state index in [0.717, 1.165) is 10.2 Å². The van der Waals surface area contributed by atoms with Gasteiger partial charge >= 0.3 is 0 Å². The van der Waals surface area contributed by atoms with Gasteiger partial charge in [-0.05, 0) is 34.8 Å². The quantitative estimate of drug-likeness (QED) is 0.829. The first-order chi connectivity index (χ1) is 6.75. The van der Waals surface area contributed by atoms with Crippen LogP contribution in [-0.4, -0.2) is 11.0 Å². The van der Waals surface area contributed by atoms with Gasteiger partial charge < -0.3 is 5.32 Å². The summed E-state index contributed by atoms with van der Waals surface area (Å²) in [4.78, 5) is 4.08. The van der Waals surface area contributed by atoms with Crippen molar-refractivity contribution < 1.29 is 0 Å². The fourth-order valence-corrected chi connectivity index (χ4v) is 2.30. The van der Waals surface area contributed by atoms with Gasteiger partial charge in [0, 0.05) is 16.7 Å². The topological polar surface area (TPSA) is 24.9 Å². The van der Waals surface area contributed by atoms with Crippen molar-refractivity contribution in [2.24, 2.45) is 0 Å². The minimum atomic E-state index is 0.556. The van der Waals surface area contributed by atoms with E-state index in [-0.39, 0.29) is 0 Å². The van der Waals surface area contributed by atoms with E-state index >= 15 is 0 Å². The second-order valence-electron chi connectivity index (χ2n) is 3.62. The maximum Gasteiger partial charge on any atom is 0.152 e. The molecule has 1 aliphatic rings. The molecule has 14 heavy (non-hydrogen) atoms. The predicted molar refractivity (Wildman–Crippen MR) is 62.8 cm³/mol. The Balaban J connectivity index is 2.10. The molecule has 1 N–H and O–H groups in total. The van der Waals surface area contributed by atoms with E-state index in [2.05, 4.69) is 26.2 Å². The molecule has 1 aromatic rings. The maximum atomic E-state index is 5.98. The molecule has 2 rings (SSSR count). The Hall–Kier alpha value is -0.280. The van der Waals surface area contributed by atoms with Crippen LogP contribution in [-0.2, 0) is 0 Å². The van der Waals surface area contributed by atoms with Gasteiger partial charge in [-0.15, -0.1) is 0 Å². The number of aromatic nitrogens is 1. The zero-order chi connectivity index (χ0) is 9.97. The van der Waals surface area contributed by atoms with Crippen molar-refractivity contribution in [1.29, 1.82) is 0 Å². The zero-order valence-corrected chi connectivity index (χ0v) is 10.1. The molecule has 0 aromatic carbocycles. The fraction of sp³-hybridized carbons (Fsp3) is 0.500. The van der Waals surface area contributed by atoms with Gasteiger partial charge in [0.2, 0.25) is 0 Å². The number of hydrogen-bond acceptors (Lipinski definition) is 2.